The van der Waals surface area contributed by atoms with E-state index in [0.717, 1.165) is 15.0 Å². The summed E-state index contributed by atoms with van der Waals surface area (Å²) in [5.74, 6) is -0.00666. The van der Waals surface area contributed by atoms with Crippen LogP contribution >= 0.6 is 22.6 Å². The third-order valence-corrected chi connectivity index (χ3v) is 3.38. The first-order valence-electron chi connectivity index (χ1n) is 5.31. The van der Waals surface area contributed by atoms with Gasteiger partial charge >= 0.3 is 0 Å². The van der Waals surface area contributed by atoms with E-state index in [-0.39, 0.29) is 11.9 Å². The van der Waals surface area contributed by atoms with E-state index in [1.807, 2.05) is 32.0 Å². The van der Waals surface area contributed by atoms with Crippen molar-refractivity contribution in [2.45, 2.75) is 13.8 Å². The van der Waals surface area contributed by atoms with Gasteiger partial charge in [0.1, 0.15) is 0 Å². The van der Waals surface area contributed by atoms with Gasteiger partial charge in [-0.05, 0) is 48.6 Å². The molecule has 5 nitrogen and oxygen atoms in total. The molecule has 1 amide bonds. The maximum atomic E-state index is 12.0. The summed E-state index contributed by atoms with van der Waals surface area (Å²) >= 11 is 2.11. The Morgan fingerprint density at radius 2 is 1.89 bits per heavy atom. The van der Waals surface area contributed by atoms with E-state index in [9.17, 15) is 4.79 Å². The van der Waals surface area contributed by atoms with Crippen LogP contribution in [-0.2, 0) is 0 Å². The van der Waals surface area contributed by atoms with Crippen LogP contribution in [0.4, 0.5) is 5.95 Å². The van der Waals surface area contributed by atoms with Crippen LogP contribution in [0, 0.1) is 17.4 Å². The van der Waals surface area contributed by atoms with Crippen molar-refractivity contribution >= 4 is 34.4 Å². The zero-order valence-electron chi connectivity index (χ0n) is 9.94. The number of amides is 1. The summed E-state index contributed by atoms with van der Waals surface area (Å²) in [7, 11) is 0. The Morgan fingerprint density at radius 3 is 2.56 bits per heavy atom. The van der Waals surface area contributed by atoms with Crippen LogP contribution in [0.25, 0.3) is 0 Å². The van der Waals surface area contributed by atoms with Gasteiger partial charge in [0.2, 0.25) is 5.95 Å². The molecule has 0 radical (unpaired) electrons. The van der Waals surface area contributed by atoms with Crippen LogP contribution in [-0.4, -0.2) is 21.1 Å². The highest BCUT2D eigenvalue weighted by Gasteiger charge is 2.11. The van der Waals surface area contributed by atoms with Crippen LogP contribution in [0.3, 0.4) is 0 Å². The van der Waals surface area contributed by atoms with E-state index in [4.69, 9.17) is 0 Å². The van der Waals surface area contributed by atoms with Gasteiger partial charge < -0.3 is 0 Å². The molecule has 0 spiro atoms. The minimum Gasteiger partial charge on any atom is -0.289 e. The molecule has 92 valence electrons. The molecule has 0 aliphatic carbocycles. The van der Waals surface area contributed by atoms with Gasteiger partial charge in [0.15, 0.2) is 0 Å². The predicted octanol–water partition coefficient (Wildman–Crippen LogP) is 2.35. The van der Waals surface area contributed by atoms with Crippen molar-refractivity contribution < 1.29 is 4.79 Å². The van der Waals surface area contributed by atoms with E-state index in [1.54, 1.807) is 6.07 Å². The van der Waals surface area contributed by atoms with Crippen molar-refractivity contribution in [3.05, 3.63) is 44.8 Å². The number of hydrogen-bond acceptors (Lipinski definition) is 4. The number of benzene rings is 1. The summed E-state index contributed by atoms with van der Waals surface area (Å²) in [4.78, 5) is 16.2. The minimum atomic E-state index is -0.231. The minimum absolute atomic E-state index is 0.225. The van der Waals surface area contributed by atoms with Crippen LogP contribution in [0.1, 0.15) is 21.7 Å². The van der Waals surface area contributed by atoms with E-state index in [1.165, 1.54) is 0 Å². The number of aryl methyl sites for hydroxylation is 2. The van der Waals surface area contributed by atoms with Crippen LogP contribution in [0.5, 0.6) is 0 Å². The summed E-state index contributed by atoms with van der Waals surface area (Å²) < 4.78 is 0.879. The first-order chi connectivity index (χ1) is 8.58. The lowest BCUT2D eigenvalue weighted by molar-refractivity contribution is 0.102. The Labute approximate surface area is 118 Å². The van der Waals surface area contributed by atoms with E-state index in [2.05, 4.69) is 43.1 Å². The molecule has 0 saturated carbocycles. The highest BCUT2D eigenvalue weighted by molar-refractivity contribution is 14.1. The second-order valence-electron chi connectivity index (χ2n) is 3.74. The van der Waals surface area contributed by atoms with Gasteiger partial charge in [-0.2, -0.15) is 5.10 Å². The topological polar surface area (TPSA) is 67.8 Å². The van der Waals surface area contributed by atoms with Crippen LogP contribution in [0.2, 0.25) is 0 Å². The second kappa shape index (κ2) is 5.38. The van der Waals surface area contributed by atoms with Crippen molar-refractivity contribution in [2.24, 2.45) is 0 Å². The Bertz CT molecular complexity index is 600. The maximum Gasteiger partial charge on any atom is 0.259 e. The SMILES string of the molecule is Cc1nnc(NC(=O)c2ccccc2I)nc1C. The normalized spacial score (nSPS) is 10.2. The molecule has 2 aromatic rings. The molecule has 0 saturated heterocycles. The molecular weight excluding hydrogens is 343 g/mol. The van der Waals surface area contributed by atoms with Gasteiger partial charge in [-0.15, -0.1) is 5.10 Å². The summed E-state index contributed by atoms with van der Waals surface area (Å²) in [6.07, 6.45) is 0. The molecule has 0 bridgehead atoms. The molecule has 1 aromatic carbocycles. The third-order valence-electron chi connectivity index (χ3n) is 2.44. The molecule has 18 heavy (non-hydrogen) atoms. The number of halogens is 1. The fourth-order valence-electron chi connectivity index (χ4n) is 1.32. The standard InChI is InChI=1S/C12H11IN4O/c1-7-8(2)16-17-12(14-7)15-11(18)9-5-3-4-6-10(9)13/h3-6H,1-2H3,(H,14,15,17,18). The molecule has 0 fully saturated rings. The molecule has 0 aliphatic rings. The quantitative estimate of drug-likeness (QED) is 0.841. The van der Waals surface area contributed by atoms with Crippen molar-refractivity contribution in [1.82, 2.24) is 15.2 Å². The first-order valence-corrected chi connectivity index (χ1v) is 6.39. The Balaban J connectivity index is 2.22. The molecular formula is C12H11IN4O. The smallest absolute Gasteiger partial charge is 0.259 e. The van der Waals surface area contributed by atoms with Gasteiger partial charge in [0.05, 0.1) is 17.0 Å². The zero-order chi connectivity index (χ0) is 13.1. The molecule has 1 heterocycles. The molecule has 0 atom stereocenters. The largest absolute Gasteiger partial charge is 0.289 e. The van der Waals surface area contributed by atoms with Gasteiger partial charge in [-0.1, -0.05) is 12.1 Å². The summed E-state index contributed by atoms with van der Waals surface area (Å²) in [6, 6.07) is 7.32. The van der Waals surface area contributed by atoms with Gasteiger partial charge in [0, 0.05) is 3.57 Å². The number of rotatable bonds is 2. The van der Waals surface area contributed by atoms with Gasteiger partial charge in [-0.3, -0.25) is 10.1 Å². The van der Waals surface area contributed by atoms with Crippen molar-refractivity contribution in [3.8, 4) is 0 Å². The van der Waals surface area contributed by atoms with Crippen molar-refractivity contribution in [3.63, 3.8) is 0 Å². The number of aromatic nitrogens is 3. The van der Waals surface area contributed by atoms with Gasteiger partial charge in [-0.25, -0.2) is 4.98 Å². The number of hydrogen-bond donors (Lipinski definition) is 1. The fourth-order valence-corrected chi connectivity index (χ4v) is 1.96. The Kier molecular flexibility index (Phi) is 3.85. The van der Waals surface area contributed by atoms with Gasteiger partial charge in [0.25, 0.3) is 5.91 Å². The molecule has 0 unspecified atom stereocenters. The van der Waals surface area contributed by atoms with Crippen molar-refractivity contribution in [1.29, 1.82) is 0 Å². The summed E-state index contributed by atoms with van der Waals surface area (Å²) in [5, 5.41) is 10.4. The molecule has 6 heteroatoms. The average molecular weight is 354 g/mol. The lowest BCUT2D eigenvalue weighted by atomic mass is 10.2. The number of carbonyl (C=O) groups excluding carboxylic acids is 1. The lowest BCUT2D eigenvalue weighted by Gasteiger charge is -2.05. The predicted molar refractivity (Wildman–Crippen MR) is 76.4 cm³/mol. The highest BCUT2D eigenvalue weighted by atomic mass is 127. The monoisotopic (exact) mass is 354 g/mol. The lowest BCUT2D eigenvalue weighted by Crippen LogP contribution is -2.16. The van der Waals surface area contributed by atoms with Crippen LogP contribution < -0.4 is 5.32 Å². The third kappa shape index (κ3) is 2.81. The van der Waals surface area contributed by atoms with E-state index >= 15 is 0 Å². The number of nitrogens with one attached hydrogen (secondary N) is 1. The number of anilines is 1. The average Bonchev–Trinajstić information content (AvgIpc) is 2.34. The van der Waals surface area contributed by atoms with E-state index in [0.29, 0.717) is 5.56 Å². The maximum absolute atomic E-state index is 12.0. The Morgan fingerprint density at radius 1 is 1.17 bits per heavy atom. The second-order valence-corrected chi connectivity index (χ2v) is 4.90. The fraction of sp³-hybridized carbons (Fsp3) is 0.167. The molecule has 2 rings (SSSR count). The number of carbonyl (C=O) groups is 1. The molecule has 0 aliphatic heterocycles. The first kappa shape index (κ1) is 12.9. The van der Waals surface area contributed by atoms with Crippen molar-refractivity contribution in [2.75, 3.05) is 5.32 Å². The van der Waals surface area contributed by atoms with E-state index < -0.39 is 0 Å². The van der Waals surface area contributed by atoms with Crippen LogP contribution in [0.15, 0.2) is 24.3 Å². The Hall–Kier alpha value is -1.57. The zero-order valence-corrected chi connectivity index (χ0v) is 12.1. The highest BCUT2D eigenvalue weighted by Crippen LogP contribution is 2.13. The summed E-state index contributed by atoms with van der Waals surface area (Å²) in [6.45, 7) is 3.65. The summed E-state index contributed by atoms with van der Waals surface area (Å²) in [5.41, 5.74) is 2.10. The molecule has 1 N–H and O–H groups in total. The molecule has 1 aromatic heterocycles. The number of nitrogens with zero attached hydrogens (tertiary/aromatic N) is 3.